The number of rotatable bonds is 6. The molecule has 2 fully saturated rings. The Morgan fingerprint density at radius 2 is 1.64 bits per heavy atom. The van der Waals surface area contributed by atoms with Gasteiger partial charge in [-0.15, -0.1) is 0 Å². The third-order valence-electron chi connectivity index (χ3n) is 7.04. The molecule has 2 saturated heterocycles. The molecular formula is C26H32ClN5O4. The van der Waals surface area contributed by atoms with E-state index in [0.717, 1.165) is 31.6 Å². The maximum absolute atomic E-state index is 12.9. The van der Waals surface area contributed by atoms with E-state index in [4.69, 9.17) is 11.6 Å². The van der Waals surface area contributed by atoms with E-state index < -0.39 is 10.8 Å². The fourth-order valence-electron chi connectivity index (χ4n) is 4.79. The highest BCUT2D eigenvalue weighted by atomic mass is 35.5. The van der Waals surface area contributed by atoms with Crippen molar-refractivity contribution in [3.63, 3.8) is 0 Å². The highest BCUT2D eigenvalue weighted by Gasteiger charge is 2.25. The van der Waals surface area contributed by atoms with Crippen LogP contribution in [-0.4, -0.2) is 60.9 Å². The van der Waals surface area contributed by atoms with Crippen molar-refractivity contribution in [1.29, 1.82) is 0 Å². The van der Waals surface area contributed by atoms with Crippen molar-refractivity contribution in [1.82, 2.24) is 4.90 Å². The van der Waals surface area contributed by atoms with Crippen molar-refractivity contribution in [2.24, 2.45) is 5.92 Å². The zero-order valence-corrected chi connectivity index (χ0v) is 21.5. The molecule has 192 valence electrons. The molecular weight excluding hydrogens is 482 g/mol. The van der Waals surface area contributed by atoms with Gasteiger partial charge in [-0.05, 0) is 49.1 Å². The van der Waals surface area contributed by atoms with Crippen LogP contribution in [0.3, 0.4) is 0 Å². The van der Waals surface area contributed by atoms with E-state index in [-0.39, 0.29) is 17.2 Å². The maximum Gasteiger partial charge on any atom is 0.293 e. The lowest BCUT2D eigenvalue weighted by Crippen LogP contribution is -2.48. The standard InChI is InChI=1S/C26H32ClN5O4/c1-3-25(33)31-14-12-30(13-15-31)22-7-5-20(17-21(22)27)28-26(34)19-4-6-23(24(16-19)32(35)36)29-10-8-18(2)9-11-29/h4-7,16-18H,3,8-15H2,1-2H3,(H,28,34). The number of carbonyl (C=O) groups is 2. The van der Waals surface area contributed by atoms with Gasteiger partial charge in [0.2, 0.25) is 5.91 Å². The minimum Gasteiger partial charge on any atom is -0.367 e. The molecule has 4 rings (SSSR count). The quantitative estimate of drug-likeness (QED) is 0.440. The van der Waals surface area contributed by atoms with Gasteiger partial charge >= 0.3 is 0 Å². The van der Waals surface area contributed by atoms with Gasteiger partial charge in [0.15, 0.2) is 0 Å². The van der Waals surface area contributed by atoms with E-state index in [9.17, 15) is 19.7 Å². The second-order valence-corrected chi connectivity index (χ2v) is 9.88. The first kappa shape index (κ1) is 25.8. The van der Waals surface area contributed by atoms with Crippen LogP contribution < -0.4 is 15.1 Å². The van der Waals surface area contributed by atoms with Gasteiger partial charge in [-0.3, -0.25) is 19.7 Å². The van der Waals surface area contributed by atoms with Gasteiger partial charge in [-0.1, -0.05) is 25.4 Å². The average Bonchev–Trinajstić information content (AvgIpc) is 2.88. The Hall–Kier alpha value is -3.33. The normalized spacial score (nSPS) is 16.7. The van der Waals surface area contributed by atoms with E-state index in [1.54, 1.807) is 24.3 Å². The predicted octanol–water partition coefficient (Wildman–Crippen LogP) is 4.80. The maximum atomic E-state index is 12.9. The molecule has 2 aromatic rings. The molecule has 0 radical (unpaired) electrons. The van der Waals surface area contributed by atoms with Crippen LogP contribution in [0.4, 0.5) is 22.7 Å². The largest absolute Gasteiger partial charge is 0.367 e. The van der Waals surface area contributed by atoms with Crippen LogP contribution in [0.5, 0.6) is 0 Å². The molecule has 2 aliphatic rings. The van der Waals surface area contributed by atoms with Crippen molar-refractivity contribution in [3.05, 3.63) is 57.1 Å². The first-order chi connectivity index (χ1) is 17.3. The van der Waals surface area contributed by atoms with Gasteiger partial charge in [0, 0.05) is 63.0 Å². The summed E-state index contributed by atoms with van der Waals surface area (Å²) in [4.78, 5) is 42.2. The Bertz CT molecular complexity index is 1140. The van der Waals surface area contributed by atoms with E-state index in [1.165, 1.54) is 6.07 Å². The molecule has 2 amide bonds. The smallest absolute Gasteiger partial charge is 0.293 e. The van der Waals surface area contributed by atoms with Gasteiger partial charge in [0.1, 0.15) is 5.69 Å². The lowest BCUT2D eigenvalue weighted by atomic mass is 9.98. The summed E-state index contributed by atoms with van der Waals surface area (Å²) < 4.78 is 0. The minimum absolute atomic E-state index is 0.0636. The Kier molecular flexibility index (Phi) is 7.98. The third kappa shape index (κ3) is 5.73. The molecule has 2 heterocycles. The number of benzene rings is 2. The number of nitro groups is 1. The van der Waals surface area contributed by atoms with Crippen LogP contribution in [0.25, 0.3) is 0 Å². The number of piperazine rings is 1. The molecule has 0 bridgehead atoms. The first-order valence-electron chi connectivity index (χ1n) is 12.4. The molecule has 0 atom stereocenters. The molecule has 1 N–H and O–H groups in total. The Balaban J connectivity index is 1.44. The molecule has 2 aromatic carbocycles. The lowest BCUT2D eigenvalue weighted by molar-refractivity contribution is -0.384. The summed E-state index contributed by atoms with van der Waals surface area (Å²) in [5.74, 6) is 0.323. The first-order valence-corrected chi connectivity index (χ1v) is 12.8. The summed E-state index contributed by atoms with van der Waals surface area (Å²) >= 11 is 6.53. The molecule has 9 nitrogen and oxygen atoms in total. The fraction of sp³-hybridized carbons (Fsp3) is 0.462. The molecule has 10 heteroatoms. The zero-order valence-electron chi connectivity index (χ0n) is 20.7. The van der Waals surface area contributed by atoms with E-state index in [1.807, 2.05) is 22.8 Å². The Morgan fingerprint density at radius 1 is 1.00 bits per heavy atom. The molecule has 36 heavy (non-hydrogen) atoms. The number of nitrogens with zero attached hydrogens (tertiary/aromatic N) is 4. The number of hydrogen-bond donors (Lipinski definition) is 1. The van der Waals surface area contributed by atoms with Gasteiger partial charge in [0.05, 0.1) is 15.6 Å². The number of halogens is 1. The second kappa shape index (κ2) is 11.2. The van der Waals surface area contributed by atoms with Crippen LogP contribution in [0.15, 0.2) is 36.4 Å². The van der Waals surface area contributed by atoms with Crippen molar-refractivity contribution >= 4 is 46.2 Å². The summed E-state index contributed by atoms with van der Waals surface area (Å²) in [7, 11) is 0. The summed E-state index contributed by atoms with van der Waals surface area (Å²) in [6.07, 6.45) is 2.48. The molecule has 0 saturated carbocycles. The Labute approximate surface area is 216 Å². The summed E-state index contributed by atoms with van der Waals surface area (Å²) in [5, 5.41) is 15.1. The van der Waals surface area contributed by atoms with Crippen molar-refractivity contribution < 1.29 is 14.5 Å². The molecule has 0 unspecified atom stereocenters. The van der Waals surface area contributed by atoms with Crippen molar-refractivity contribution in [2.45, 2.75) is 33.1 Å². The van der Waals surface area contributed by atoms with Crippen molar-refractivity contribution in [2.75, 3.05) is 54.4 Å². The van der Waals surface area contributed by atoms with E-state index in [2.05, 4.69) is 17.1 Å². The topological polar surface area (TPSA) is 99.0 Å². The van der Waals surface area contributed by atoms with Gasteiger partial charge in [-0.2, -0.15) is 0 Å². The fourth-order valence-corrected chi connectivity index (χ4v) is 5.09. The number of piperidine rings is 1. The van der Waals surface area contributed by atoms with Crippen molar-refractivity contribution in [3.8, 4) is 0 Å². The monoisotopic (exact) mass is 513 g/mol. The zero-order chi connectivity index (χ0) is 25.8. The number of carbonyl (C=O) groups excluding carboxylic acids is 2. The number of anilines is 3. The second-order valence-electron chi connectivity index (χ2n) is 9.47. The van der Waals surface area contributed by atoms with Gasteiger partial charge < -0.3 is 20.0 Å². The SMILES string of the molecule is CCC(=O)N1CCN(c2ccc(NC(=O)c3ccc(N4CCC(C)CC4)c([N+](=O)[O-])c3)cc2Cl)CC1. The number of amides is 2. The predicted molar refractivity (Wildman–Crippen MR) is 142 cm³/mol. The van der Waals surface area contributed by atoms with E-state index >= 15 is 0 Å². The number of nitrogens with one attached hydrogen (secondary N) is 1. The van der Waals surface area contributed by atoms with Gasteiger partial charge in [-0.25, -0.2) is 0 Å². The molecule has 0 aromatic heterocycles. The van der Waals surface area contributed by atoms with Crippen LogP contribution in [0.2, 0.25) is 5.02 Å². The lowest BCUT2D eigenvalue weighted by Gasteiger charge is -2.36. The summed E-state index contributed by atoms with van der Waals surface area (Å²) in [6.45, 7) is 8.24. The molecule has 0 aliphatic carbocycles. The van der Waals surface area contributed by atoms with E-state index in [0.29, 0.717) is 54.9 Å². The highest BCUT2D eigenvalue weighted by Crippen LogP contribution is 2.33. The minimum atomic E-state index is -0.438. The summed E-state index contributed by atoms with van der Waals surface area (Å²) in [5.41, 5.74) is 2.05. The average molecular weight is 514 g/mol. The van der Waals surface area contributed by atoms with Crippen LogP contribution >= 0.6 is 11.6 Å². The summed E-state index contributed by atoms with van der Waals surface area (Å²) in [6, 6.07) is 9.93. The van der Waals surface area contributed by atoms with Crippen LogP contribution in [-0.2, 0) is 4.79 Å². The molecule has 2 aliphatic heterocycles. The number of hydrogen-bond acceptors (Lipinski definition) is 6. The van der Waals surface area contributed by atoms with Crippen LogP contribution in [0.1, 0.15) is 43.5 Å². The third-order valence-corrected chi connectivity index (χ3v) is 7.34. The highest BCUT2D eigenvalue weighted by molar-refractivity contribution is 6.33. The Morgan fingerprint density at radius 3 is 2.25 bits per heavy atom. The molecule has 0 spiro atoms. The number of nitro benzene ring substituents is 1. The van der Waals surface area contributed by atoms with Crippen LogP contribution in [0, 0.1) is 16.0 Å². The van der Waals surface area contributed by atoms with Gasteiger partial charge in [0.25, 0.3) is 11.6 Å².